The number of hydrogen-bond acceptors (Lipinski definition) is 2. The van der Waals surface area contributed by atoms with Crippen LogP contribution >= 0.6 is 27.3 Å². The van der Waals surface area contributed by atoms with Crippen LogP contribution in [0.3, 0.4) is 0 Å². The molecule has 1 aromatic rings. The van der Waals surface area contributed by atoms with Gasteiger partial charge < -0.3 is 5.32 Å². The van der Waals surface area contributed by atoms with Gasteiger partial charge in [-0.1, -0.05) is 6.92 Å². The van der Waals surface area contributed by atoms with Gasteiger partial charge in [0.1, 0.15) is 0 Å². The summed E-state index contributed by atoms with van der Waals surface area (Å²) in [5.41, 5.74) is 0. The summed E-state index contributed by atoms with van der Waals surface area (Å²) in [6.45, 7) is 2.78. The molecule has 2 atom stereocenters. The zero-order chi connectivity index (χ0) is 10.1. The Kier molecular flexibility index (Phi) is 2.93. The third kappa shape index (κ3) is 2.36. The minimum absolute atomic E-state index is 0.210. The quantitative estimate of drug-likeness (QED) is 0.902. The predicted molar refractivity (Wildman–Crippen MR) is 61.1 cm³/mol. The van der Waals surface area contributed by atoms with E-state index < -0.39 is 0 Å². The van der Waals surface area contributed by atoms with E-state index in [-0.39, 0.29) is 11.8 Å². The zero-order valence-electron chi connectivity index (χ0n) is 7.92. The Hall–Kier alpha value is -0.350. The molecule has 0 bridgehead atoms. The molecule has 1 saturated carbocycles. The second-order valence-electron chi connectivity index (χ2n) is 3.77. The second-order valence-corrected chi connectivity index (χ2v) is 5.68. The van der Waals surface area contributed by atoms with Crippen LogP contribution in [-0.4, -0.2) is 5.91 Å². The molecule has 76 valence electrons. The summed E-state index contributed by atoms with van der Waals surface area (Å²) in [5.74, 6) is 1.07. The van der Waals surface area contributed by atoms with Crippen LogP contribution in [0.15, 0.2) is 15.9 Å². The third-order valence-corrected chi connectivity index (χ3v) is 4.20. The minimum atomic E-state index is 0.210. The van der Waals surface area contributed by atoms with Crippen molar-refractivity contribution in [3.05, 3.63) is 20.8 Å². The first-order chi connectivity index (χ1) is 6.66. The summed E-state index contributed by atoms with van der Waals surface area (Å²) in [4.78, 5) is 12.7. The summed E-state index contributed by atoms with van der Waals surface area (Å²) < 4.78 is 1.09. The van der Waals surface area contributed by atoms with Gasteiger partial charge in [0, 0.05) is 20.6 Å². The Bertz CT molecular complexity index is 350. The van der Waals surface area contributed by atoms with Crippen molar-refractivity contribution in [3.8, 4) is 0 Å². The molecule has 0 aromatic carbocycles. The van der Waals surface area contributed by atoms with Gasteiger partial charge in [-0.15, -0.1) is 11.3 Å². The number of amides is 1. The Labute approximate surface area is 95.8 Å². The maximum Gasteiger partial charge on any atom is 0.223 e. The molecule has 0 spiro atoms. The first-order valence-electron chi connectivity index (χ1n) is 4.67. The number of rotatable bonds is 3. The number of halogens is 1. The van der Waals surface area contributed by atoms with Gasteiger partial charge in [-0.3, -0.25) is 4.79 Å². The lowest BCUT2D eigenvalue weighted by Gasteiger charge is -2.01. The SMILES string of the molecule is CC1CC1C(=O)NCc1cc(Br)cs1. The molecule has 2 unspecified atom stereocenters. The van der Waals surface area contributed by atoms with Gasteiger partial charge in [-0.2, -0.15) is 0 Å². The molecule has 1 aliphatic carbocycles. The van der Waals surface area contributed by atoms with E-state index in [1.807, 2.05) is 11.4 Å². The molecule has 0 radical (unpaired) electrons. The minimum Gasteiger partial charge on any atom is -0.351 e. The number of carbonyl (C=O) groups is 1. The Morgan fingerprint density at radius 2 is 2.50 bits per heavy atom. The molecule has 1 fully saturated rings. The van der Waals surface area contributed by atoms with E-state index in [2.05, 4.69) is 28.2 Å². The van der Waals surface area contributed by atoms with Gasteiger partial charge in [-0.25, -0.2) is 0 Å². The molecule has 4 heteroatoms. The maximum atomic E-state index is 11.5. The van der Waals surface area contributed by atoms with Gasteiger partial charge in [0.2, 0.25) is 5.91 Å². The highest BCUT2D eigenvalue weighted by Crippen LogP contribution is 2.37. The molecule has 1 amide bonds. The molecular weight excluding hydrogens is 262 g/mol. The largest absolute Gasteiger partial charge is 0.351 e. The van der Waals surface area contributed by atoms with Crippen LogP contribution in [-0.2, 0) is 11.3 Å². The average molecular weight is 274 g/mol. The van der Waals surface area contributed by atoms with Crippen molar-refractivity contribution in [3.63, 3.8) is 0 Å². The van der Waals surface area contributed by atoms with Crippen molar-refractivity contribution in [1.82, 2.24) is 5.32 Å². The maximum absolute atomic E-state index is 11.5. The van der Waals surface area contributed by atoms with Crippen molar-refractivity contribution >= 4 is 33.2 Å². The molecule has 0 saturated heterocycles. The van der Waals surface area contributed by atoms with Crippen LogP contribution < -0.4 is 5.32 Å². The van der Waals surface area contributed by atoms with E-state index >= 15 is 0 Å². The average Bonchev–Trinajstić information content (AvgIpc) is 2.72. The molecule has 14 heavy (non-hydrogen) atoms. The topological polar surface area (TPSA) is 29.1 Å². The van der Waals surface area contributed by atoms with E-state index in [0.29, 0.717) is 12.5 Å². The normalized spacial score (nSPS) is 24.7. The predicted octanol–water partition coefficient (Wildman–Crippen LogP) is 2.78. The number of carbonyl (C=O) groups excluding carboxylic acids is 1. The van der Waals surface area contributed by atoms with E-state index in [9.17, 15) is 4.79 Å². The Morgan fingerprint density at radius 3 is 3.00 bits per heavy atom. The lowest BCUT2D eigenvalue weighted by atomic mass is 10.3. The van der Waals surface area contributed by atoms with Crippen molar-refractivity contribution in [1.29, 1.82) is 0 Å². The molecule has 1 N–H and O–H groups in total. The fourth-order valence-corrected chi connectivity index (χ4v) is 2.83. The van der Waals surface area contributed by atoms with Crippen LogP contribution in [0.1, 0.15) is 18.2 Å². The number of thiophene rings is 1. The van der Waals surface area contributed by atoms with Crippen molar-refractivity contribution in [2.75, 3.05) is 0 Å². The second kappa shape index (κ2) is 4.03. The molecule has 2 rings (SSSR count). The zero-order valence-corrected chi connectivity index (χ0v) is 10.3. The fraction of sp³-hybridized carbons (Fsp3) is 0.500. The highest BCUT2D eigenvalue weighted by atomic mass is 79.9. The van der Waals surface area contributed by atoms with E-state index in [4.69, 9.17) is 0 Å². The summed E-state index contributed by atoms with van der Waals surface area (Å²) >= 11 is 5.05. The highest BCUT2D eigenvalue weighted by Gasteiger charge is 2.38. The molecule has 1 heterocycles. The molecular formula is C10H12BrNOS. The highest BCUT2D eigenvalue weighted by molar-refractivity contribution is 9.10. The molecule has 0 aliphatic heterocycles. The van der Waals surface area contributed by atoms with Crippen molar-refractivity contribution in [2.24, 2.45) is 11.8 Å². The lowest BCUT2D eigenvalue weighted by Crippen LogP contribution is -2.24. The summed E-state index contributed by atoms with van der Waals surface area (Å²) in [7, 11) is 0. The standard InChI is InChI=1S/C10H12BrNOS/c1-6-2-9(6)10(13)12-4-8-3-7(11)5-14-8/h3,5-6,9H,2,4H2,1H3,(H,12,13). The van der Waals surface area contributed by atoms with Gasteiger partial charge in [-0.05, 0) is 34.3 Å². The molecule has 1 aliphatic rings. The van der Waals surface area contributed by atoms with Gasteiger partial charge in [0.25, 0.3) is 0 Å². The molecule has 1 aromatic heterocycles. The van der Waals surface area contributed by atoms with Crippen molar-refractivity contribution in [2.45, 2.75) is 19.9 Å². The van der Waals surface area contributed by atoms with E-state index in [0.717, 1.165) is 10.9 Å². The third-order valence-electron chi connectivity index (χ3n) is 2.50. The fourth-order valence-electron chi connectivity index (χ4n) is 1.44. The van der Waals surface area contributed by atoms with Gasteiger partial charge in [0.05, 0.1) is 6.54 Å². The smallest absolute Gasteiger partial charge is 0.223 e. The summed E-state index contributed by atoms with van der Waals surface area (Å²) in [5, 5.41) is 4.98. The first kappa shape index (κ1) is 10.2. The van der Waals surface area contributed by atoms with Gasteiger partial charge in [0.15, 0.2) is 0 Å². The first-order valence-corrected chi connectivity index (χ1v) is 6.34. The lowest BCUT2D eigenvalue weighted by molar-refractivity contribution is -0.122. The van der Waals surface area contributed by atoms with Crippen LogP contribution in [0.5, 0.6) is 0 Å². The van der Waals surface area contributed by atoms with Crippen LogP contribution in [0.4, 0.5) is 0 Å². The van der Waals surface area contributed by atoms with Crippen LogP contribution in [0.25, 0.3) is 0 Å². The van der Waals surface area contributed by atoms with Crippen LogP contribution in [0.2, 0.25) is 0 Å². The monoisotopic (exact) mass is 273 g/mol. The summed E-state index contributed by atoms with van der Waals surface area (Å²) in [6.07, 6.45) is 1.06. The molecule has 2 nitrogen and oxygen atoms in total. The Morgan fingerprint density at radius 1 is 1.79 bits per heavy atom. The summed E-state index contributed by atoms with van der Waals surface area (Å²) in [6, 6.07) is 2.04. The van der Waals surface area contributed by atoms with E-state index in [1.165, 1.54) is 4.88 Å². The van der Waals surface area contributed by atoms with Crippen LogP contribution in [0, 0.1) is 11.8 Å². The van der Waals surface area contributed by atoms with Gasteiger partial charge >= 0.3 is 0 Å². The van der Waals surface area contributed by atoms with E-state index in [1.54, 1.807) is 11.3 Å². The Balaban J connectivity index is 1.80. The number of hydrogen-bond donors (Lipinski definition) is 1. The number of nitrogens with one attached hydrogen (secondary N) is 1. The van der Waals surface area contributed by atoms with Crippen molar-refractivity contribution < 1.29 is 4.79 Å².